The summed E-state index contributed by atoms with van der Waals surface area (Å²) in [4.78, 5) is 11.0. The van der Waals surface area contributed by atoms with E-state index in [4.69, 9.17) is 9.84 Å². The van der Waals surface area contributed by atoms with Crippen molar-refractivity contribution in [1.82, 2.24) is 0 Å². The molecule has 0 heterocycles. The molecule has 2 atom stereocenters. The third-order valence-electron chi connectivity index (χ3n) is 2.12. The Labute approximate surface area is 86.5 Å². The van der Waals surface area contributed by atoms with Crippen molar-refractivity contribution < 1.29 is 14.6 Å². The van der Waals surface area contributed by atoms with Gasteiger partial charge in [-0.05, 0) is 26.7 Å². The van der Waals surface area contributed by atoms with E-state index in [-0.39, 0.29) is 6.10 Å². The minimum atomic E-state index is -1.01. The first-order valence-corrected chi connectivity index (χ1v) is 5.46. The summed E-state index contributed by atoms with van der Waals surface area (Å²) in [6.45, 7) is 5.45. The van der Waals surface area contributed by atoms with Gasteiger partial charge in [0, 0.05) is 0 Å². The van der Waals surface area contributed by atoms with Crippen molar-refractivity contribution in [2.24, 2.45) is 0 Å². The summed E-state index contributed by atoms with van der Waals surface area (Å²) in [5.74, 6) is -0.520. The van der Waals surface area contributed by atoms with Crippen LogP contribution in [-0.2, 0) is 9.53 Å². The van der Waals surface area contributed by atoms with E-state index in [2.05, 4.69) is 6.92 Å². The lowest BCUT2D eigenvalue weighted by molar-refractivity contribution is -0.157. The maximum absolute atomic E-state index is 11.0. The molecule has 0 unspecified atom stereocenters. The highest BCUT2D eigenvalue weighted by Gasteiger charge is 2.13. The molecule has 0 aromatic rings. The van der Waals surface area contributed by atoms with Crippen LogP contribution in [0, 0.1) is 0 Å². The number of hydrogen-bond acceptors (Lipinski definition) is 3. The summed E-state index contributed by atoms with van der Waals surface area (Å²) < 4.78 is 5.00. The average molecular weight is 202 g/mol. The van der Waals surface area contributed by atoms with Crippen molar-refractivity contribution in [2.75, 3.05) is 0 Å². The van der Waals surface area contributed by atoms with Gasteiger partial charge in [-0.2, -0.15) is 0 Å². The molecule has 3 heteroatoms. The molecule has 0 bridgehead atoms. The number of aliphatic hydroxyl groups is 1. The lowest BCUT2D eigenvalue weighted by Crippen LogP contribution is -2.24. The van der Waals surface area contributed by atoms with Crippen molar-refractivity contribution in [3.05, 3.63) is 0 Å². The van der Waals surface area contributed by atoms with Gasteiger partial charge in [0.25, 0.3) is 0 Å². The summed E-state index contributed by atoms with van der Waals surface area (Å²) in [5.41, 5.74) is 0. The van der Waals surface area contributed by atoms with E-state index in [1.54, 1.807) is 0 Å². The number of ether oxygens (including phenoxy) is 1. The summed E-state index contributed by atoms with van der Waals surface area (Å²) in [6.07, 6.45) is 4.52. The number of aliphatic hydroxyl groups excluding tert-OH is 1. The van der Waals surface area contributed by atoms with Gasteiger partial charge in [0.1, 0.15) is 6.10 Å². The Hall–Kier alpha value is -0.570. The Morgan fingerprint density at radius 2 is 1.93 bits per heavy atom. The summed E-state index contributed by atoms with van der Waals surface area (Å²) in [6, 6.07) is 0. The molecule has 0 saturated heterocycles. The molecule has 0 aromatic heterocycles. The van der Waals surface area contributed by atoms with Crippen LogP contribution in [0.3, 0.4) is 0 Å². The van der Waals surface area contributed by atoms with Crippen LogP contribution in [-0.4, -0.2) is 23.3 Å². The van der Waals surface area contributed by atoms with Crippen LogP contribution in [0.5, 0.6) is 0 Å². The van der Waals surface area contributed by atoms with E-state index >= 15 is 0 Å². The van der Waals surface area contributed by atoms with Crippen LogP contribution in [0.25, 0.3) is 0 Å². The first-order valence-electron chi connectivity index (χ1n) is 5.46. The first-order chi connectivity index (χ1) is 6.57. The molecular weight excluding hydrogens is 180 g/mol. The molecule has 84 valence electrons. The quantitative estimate of drug-likeness (QED) is 0.509. The molecule has 3 nitrogen and oxygen atoms in total. The van der Waals surface area contributed by atoms with Crippen molar-refractivity contribution in [3.8, 4) is 0 Å². The third-order valence-corrected chi connectivity index (χ3v) is 2.12. The summed E-state index contributed by atoms with van der Waals surface area (Å²) in [7, 11) is 0. The van der Waals surface area contributed by atoms with Crippen LogP contribution in [0.1, 0.15) is 52.9 Å². The van der Waals surface area contributed by atoms with Crippen molar-refractivity contribution in [1.29, 1.82) is 0 Å². The highest BCUT2D eigenvalue weighted by atomic mass is 16.6. The van der Waals surface area contributed by atoms with Gasteiger partial charge >= 0.3 is 5.97 Å². The Kier molecular flexibility index (Phi) is 7.48. The number of unbranched alkanes of at least 4 members (excludes halogenated alkanes) is 3. The van der Waals surface area contributed by atoms with Crippen molar-refractivity contribution in [2.45, 2.75) is 65.1 Å². The van der Waals surface area contributed by atoms with Gasteiger partial charge < -0.3 is 9.84 Å². The van der Waals surface area contributed by atoms with Crippen LogP contribution < -0.4 is 0 Å². The van der Waals surface area contributed by atoms with E-state index in [9.17, 15) is 4.79 Å². The van der Waals surface area contributed by atoms with Crippen molar-refractivity contribution >= 4 is 5.97 Å². The number of carbonyl (C=O) groups is 1. The number of esters is 1. The molecule has 0 spiro atoms. The smallest absolute Gasteiger partial charge is 0.334 e. The number of rotatable bonds is 7. The van der Waals surface area contributed by atoms with E-state index < -0.39 is 12.1 Å². The Balaban J connectivity index is 3.45. The molecule has 14 heavy (non-hydrogen) atoms. The molecule has 0 aliphatic carbocycles. The standard InChI is InChI=1S/C11H22O3/c1-4-5-6-7-8-9(2)14-11(13)10(3)12/h9-10,12H,4-8H2,1-3H3/t9-,10+/m1/s1. The first kappa shape index (κ1) is 13.4. The van der Waals surface area contributed by atoms with E-state index in [0.717, 1.165) is 12.8 Å². The van der Waals surface area contributed by atoms with Gasteiger partial charge in [-0.15, -0.1) is 0 Å². The fraction of sp³-hybridized carbons (Fsp3) is 0.909. The molecule has 1 N–H and O–H groups in total. The molecule has 0 rings (SSSR count). The molecule has 0 fully saturated rings. The highest BCUT2D eigenvalue weighted by molar-refractivity contribution is 5.73. The second kappa shape index (κ2) is 7.80. The highest BCUT2D eigenvalue weighted by Crippen LogP contribution is 2.08. The summed E-state index contributed by atoms with van der Waals surface area (Å²) >= 11 is 0. The average Bonchev–Trinajstić information content (AvgIpc) is 2.12. The van der Waals surface area contributed by atoms with E-state index in [0.29, 0.717) is 0 Å². The van der Waals surface area contributed by atoms with Gasteiger partial charge in [-0.1, -0.05) is 26.2 Å². The molecule has 0 radical (unpaired) electrons. The minimum Gasteiger partial charge on any atom is -0.461 e. The lowest BCUT2D eigenvalue weighted by atomic mass is 10.1. The lowest BCUT2D eigenvalue weighted by Gasteiger charge is -2.13. The topological polar surface area (TPSA) is 46.5 Å². The van der Waals surface area contributed by atoms with Crippen LogP contribution in [0.2, 0.25) is 0 Å². The zero-order valence-electron chi connectivity index (χ0n) is 9.45. The Morgan fingerprint density at radius 3 is 2.43 bits per heavy atom. The van der Waals surface area contributed by atoms with Gasteiger partial charge in [-0.3, -0.25) is 0 Å². The SMILES string of the molecule is CCCCCC[C@@H](C)OC(=O)[C@H](C)O. The van der Waals surface area contributed by atoms with E-state index in [1.807, 2.05) is 6.92 Å². The molecule has 0 aromatic carbocycles. The maximum Gasteiger partial charge on any atom is 0.334 e. The number of carbonyl (C=O) groups excluding carboxylic acids is 1. The second-order valence-electron chi connectivity index (χ2n) is 3.77. The predicted octanol–water partition coefficient (Wildman–Crippen LogP) is 2.27. The predicted molar refractivity (Wildman–Crippen MR) is 56.0 cm³/mol. The van der Waals surface area contributed by atoms with Crippen molar-refractivity contribution in [3.63, 3.8) is 0 Å². The molecule has 0 aliphatic rings. The summed E-state index contributed by atoms with van der Waals surface area (Å²) in [5, 5.41) is 8.90. The van der Waals surface area contributed by atoms with Gasteiger partial charge in [0.15, 0.2) is 0 Å². The molecule has 0 saturated carbocycles. The minimum absolute atomic E-state index is 0.0750. The fourth-order valence-electron chi connectivity index (χ4n) is 1.21. The Morgan fingerprint density at radius 1 is 1.29 bits per heavy atom. The second-order valence-corrected chi connectivity index (χ2v) is 3.77. The zero-order valence-corrected chi connectivity index (χ0v) is 9.45. The molecule has 0 amide bonds. The van der Waals surface area contributed by atoms with Gasteiger partial charge in [-0.25, -0.2) is 4.79 Å². The normalized spacial score (nSPS) is 14.9. The fourth-order valence-corrected chi connectivity index (χ4v) is 1.21. The largest absolute Gasteiger partial charge is 0.461 e. The van der Waals surface area contributed by atoms with Crippen LogP contribution in [0.15, 0.2) is 0 Å². The van der Waals surface area contributed by atoms with E-state index in [1.165, 1.54) is 26.2 Å². The van der Waals surface area contributed by atoms with Crippen LogP contribution in [0.4, 0.5) is 0 Å². The van der Waals surface area contributed by atoms with Crippen LogP contribution >= 0.6 is 0 Å². The van der Waals surface area contributed by atoms with Gasteiger partial charge in [0.05, 0.1) is 6.10 Å². The maximum atomic E-state index is 11.0. The zero-order chi connectivity index (χ0) is 11.0. The van der Waals surface area contributed by atoms with Gasteiger partial charge in [0.2, 0.25) is 0 Å². The molecular formula is C11H22O3. The monoisotopic (exact) mass is 202 g/mol. The Bertz CT molecular complexity index is 155. The number of hydrogen-bond donors (Lipinski definition) is 1. The third kappa shape index (κ3) is 6.89. The molecule has 0 aliphatic heterocycles.